The van der Waals surface area contributed by atoms with Crippen LogP contribution in [0, 0.1) is 17.3 Å². The van der Waals surface area contributed by atoms with Crippen LogP contribution in [0.5, 0.6) is 0 Å². The van der Waals surface area contributed by atoms with Gasteiger partial charge in [-0.1, -0.05) is 0 Å². The van der Waals surface area contributed by atoms with E-state index in [1.54, 1.807) is 0 Å². The largest absolute Gasteiger partial charge is 0.381 e. The fourth-order valence-electron chi connectivity index (χ4n) is 4.51. The number of hydrogen-bond donors (Lipinski definition) is 0. The molecule has 22 heavy (non-hydrogen) atoms. The van der Waals surface area contributed by atoms with Gasteiger partial charge in [-0.25, -0.2) is 0 Å². The lowest BCUT2D eigenvalue weighted by Gasteiger charge is -2.40. The van der Waals surface area contributed by atoms with Crippen molar-refractivity contribution < 1.29 is 14.3 Å². The first-order chi connectivity index (χ1) is 10.8. The van der Waals surface area contributed by atoms with Crippen molar-refractivity contribution >= 4 is 5.91 Å². The fraction of sp³-hybridized carbons (Fsp3) is 0.941. The van der Waals surface area contributed by atoms with Crippen LogP contribution < -0.4 is 0 Å². The van der Waals surface area contributed by atoms with Crippen molar-refractivity contribution in [2.45, 2.75) is 25.7 Å². The minimum absolute atomic E-state index is 0.169. The SMILES string of the molecule is O=C([C@@H]1CN(CC2CC2)CC12CCOCC2)N1CCOCC1. The monoisotopic (exact) mass is 308 g/mol. The molecule has 0 radical (unpaired) electrons. The van der Waals surface area contributed by atoms with E-state index < -0.39 is 0 Å². The Bertz CT molecular complexity index is 412. The second-order valence-corrected chi connectivity index (χ2v) is 7.60. The summed E-state index contributed by atoms with van der Waals surface area (Å²) in [5, 5.41) is 0. The van der Waals surface area contributed by atoms with Gasteiger partial charge >= 0.3 is 0 Å². The maximum absolute atomic E-state index is 13.1. The molecule has 4 fully saturated rings. The van der Waals surface area contributed by atoms with Crippen molar-refractivity contribution in [2.24, 2.45) is 17.3 Å². The van der Waals surface area contributed by atoms with Crippen molar-refractivity contribution in [2.75, 3.05) is 59.2 Å². The third kappa shape index (κ3) is 2.91. The summed E-state index contributed by atoms with van der Waals surface area (Å²) in [4.78, 5) is 17.7. The summed E-state index contributed by atoms with van der Waals surface area (Å²) in [6, 6.07) is 0. The van der Waals surface area contributed by atoms with Crippen molar-refractivity contribution in [3.8, 4) is 0 Å². The predicted molar refractivity (Wildman–Crippen MR) is 82.5 cm³/mol. The fourth-order valence-corrected chi connectivity index (χ4v) is 4.51. The Kier molecular flexibility index (Phi) is 4.13. The number of likely N-dealkylation sites (tertiary alicyclic amines) is 1. The highest BCUT2D eigenvalue weighted by Gasteiger charge is 2.52. The Morgan fingerprint density at radius 3 is 2.41 bits per heavy atom. The van der Waals surface area contributed by atoms with Gasteiger partial charge in [0.2, 0.25) is 5.91 Å². The van der Waals surface area contributed by atoms with Crippen molar-refractivity contribution in [1.29, 1.82) is 0 Å². The minimum atomic E-state index is 0.169. The highest BCUT2D eigenvalue weighted by Crippen LogP contribution is 2.46. The maximum atomic E-state index is 13.1. The van der Waals surface area contributed by atoms with Gasteiger partial charge in [-0.05, 0) is 31.6 Å². The van der Waals surface area contributed by atoms with Gasteiger partial charge in [-0.3, -0.25) is 4.79 Å². The van der Waals surface area contributed by atoms with Crippen molar-refractivity contribution in [3.05, 3.63) is 0 Å². The molecule has 0 aromatic rings. The van der Waals surface area contributed by atoms with E-state index in [1.165, 1.54) is 19.4 Å². The van der Waals surface area contributed by atoms with Gasteiger partial charge in [0.25, 0.3) is 0 Å². The summed E-state index contributed by atoms with van der Waals surface area (Å²) in [6.45, 7) is 7.85. The average Bonchev–Trinajstić information content (AvgIpc) is 3.31. The molecule has 4 rings (SSSR count). The van der Waals surface area contributed by atoms with Gasteiger partial charge in [-0.2, -0.15) is 0 Å². The number of rotatable bonds is 3. The number of morpholine rings is 1. The van der Waals surface area contributed by atoms with Crippen LogP contribution >= 0.6 is 0 Å². The number of nitrogens with zero attached hydrogens (tertiary/aromatic N) is 2. The molecule has 4 aliphatic rings. The number of ether oxygens (including phenoxy) is 2. The topological polar surface area (TPSA) is 42.0 Å². The Hall–Kier alpha value is -0.650. The Labute approximate surface area is 132 Å². The molecular formula is C17H28N2O3. The normalized spacial score (nSPS) is 32.5. The first-order valence-corrected chi connectivity index (χ1v) is 8.93. The van der Waals surface area contributed by atoms with E-state index in [4.69, 9.17) is 9.47 Å². The molecule has 0 N–H and O–H groups in total. The Morgan fingerprint density at radius 1 is 1.05 bits per heavy atom. The average molecular weight is 308 g/mol. The van der Waals surface area contributed by atoms with Crippen molar-refractivity contribution in [1.82, 2.24) is 9.80 Å². The number of amides is 1. The number of carbonyl (C=O) groups is 1. The molecule has 0 aromatic carbocycles. The lowest BCUT2D eigenvalue weighted by atomic mass is 9.71. The molecule has 1 spiro atoms. The predicted octanol–water partition coefficient (Wildman–Crippen LogP) is 0.984. The second-order valence-electron chi connectivity index (χ2n) is 7.60. The van der Waals surface area contributed by atoms with Crippen LogP contribution in [0.4, 0.5) is 0 Å². The molecule has 124 valence electrons. The van der Waals surface area contributed by atoms with E-state index in [9.17, 15) is 4.79 Å². The quantitative estimate of drug-likeness (QED) is 0.779. The van der Waals surface area contributed by atoms with E-state index in [0.717, 1.165) is 58.2 Å². The van der Waals surface area contributed by atoms with Crippen LogP contribution in [0.25, 0.3) is 0 Å². The van der Waals surface area contributed by atoms with Crippen LogP contribution in [-0.2, 0) is 14.3 Å². The standard InChI is InChI=1S/C17H28N2O3/c20-16(19-5-9-22-10-6-19)15-12-18(11-14-1-2-14)13-17(15)3-7-21-8-4-17/h14-15H,1-13H2/t15-/m0/s1. The van der Waals surface area contributed by atoms with Gasteiger partial charge in [-0.15, -0.1) is 0 Å². The Balaban J connectivity index is 1.49. The maximum Gasteiger partial charge on any atom is 0.227 e. The molecule has 1 aliphatic carbocycles. The van der Waals surface area contributed by atoms with E-state index in [0.29, 0.717) is 19.1 Å². The van der Waals surface area contributed by atoms with Crippen LogP contribution in [0.15, 0.2) is 0 Å². The van der Waals surface area contributed by atoms with Crippen molar-refractivity contribution in [3.63, 3.8) is 0 Å². The summed E-state index contributed by atoms with van der Waals surface area (Å²) < 4.78 is 11.0. The third-order valence-electron chi connectivity index (χ3n) is 6.04. The summed E-state index contributed by atoms with van der Waals surface area (Å²) in [6.07, 6.45) is 4.87. The number of carbonyl (C=O) groups excluding carboxylic acids is 1. The third-order valence-corrected chi connectivity index (χ3v) is 6.04. The zero-order valence-corrected chi connectivity index (χ0v) is 13.5. The summed E-state index contributed by atoms with van der Waals surface area (Å²) in [5.41, 5.74) is 0.169. The molecule has 3 aliphatic heterocycles. The van der Waals surface area contributed by atoms with Gasteiger partial charge in [0, 0.05) is 51.4 Å². The molecule has 1 atom stereocenters. The Morgan fingerprint density at radius 2 is 1.73 bits per heavy atom. The molecule has 3 saturated heterocycles. The van der Waals surface area contributed by atoms with E-state index in [2.05, 4.69) is 4.90 Å². The van der Waals surface area contributed by atoms with Crippen LogP contribution in [0.1, 0.15) is 25.7 Å². The van der Waals surface area contributed by atoms with Crippen LogP contribution in [-0.4, -0.2) is 74.9 Å². The summed E-state index contributed by atoms with van der Waals surface area (Å²) in [7, 11) is 0. The molecule has 5 nitrogen and oxygen atoms in total. The minimum Gasteiger partial charge on any atom is -0.381 e. The zero-order valence-electron chi connectivity index (χ0n) is 13.5. The van der Waals surface area contributed by atoms with Crippen LogP contribution in [0.3, 0.4) is 0 Å². The van der Waals surface area contributed by atoms with Gasteiger partial charge in [0.1, 0.15) is 0 Å². The summed E-state index contributed by atoms with van der Waals surface area (Å²) >= 11 is 0. The van der Waals surface area contributed by atoms with Gasteiger partial charge in [0.05, 0.1) is 19.1 Å². The van der Waals surface area contributed by atoms with Gasteiger partial charge < -0.3 is 19.3 Å². The lowest BCUT2D eigenvalue weighted by molar-refractivity contribution is -0.144. The smallest absolute Gasteiger partial charge is 0.227 e. The number of hydrogen-bond acceptors (Lipinski definition) is 4. The first-order valence-electron chi connectivity index (χ1n) is 8.93. The van der Waals surface area contributed by atoms with E-state index in [-0.39, 0.29) is 11.3 Å². The van der Waals surface area contributed by atoms with E-state index >= 15 is 0 Å². The molecule has 0 unspecified atom stereocenters. The molecule has 1 amide bonds. The molecule has 5 heteroatoms. The lowest BCUT2D eigenvalue weighted by Crippen LogP contribution is -2.49. The molecule has 0 aromatic heterocycles. The molecule has 1 saturated carbocycles. The highest BCUT2D eigenvalue weighted by molar-refractivity contribution is 5.80. The molecule has 3 heterocycles. The highest BCUT2D eigenvalue weighted by atomic mass is 16.5. The second kappa shape index (κ2) is 6.10. The van der Waals surface area contributed by atoms with E-state index in [1.807, 2.05) is 4.90 Å². The molecular weight excluding hydrogens is 280 g/mol. The first kappa shape index (κ1) is 14.9. The summed E-state index contributed by atoms with van der Waals surface area (Å²) in [5.74, 6) is 1.45. The molecule has 0 bridgehead atoms. The van der Waals surface area contributed by atoms with Crippen LogP contribution in [0.2, 0.25) is 0 Å². The zero-order chi connectivity index (χ0) is 15.0. The van der Waals surface area contributed by atoms with Gasteiger partial charge in [0.15, 0.2) is 0 Å².